The largest absolute Gasteiger partial charge is 0.417 e. The Hall–Kier alpha value is -2.76. The molecule has 0 saturated heterocycles. The quantitative estimate of drug-likeness (QED) is 0.545. The van der Waals surface area contributed by atoms with Crippen LogP contribution < -0.4 is 11.5 Å². The minimum atomic E-state index is -4.52. The van der Waals surface area contributed by atoms with Gasteiger partial charge in [-0.05, 0) is 38.1 Å². The molecule has 0 aromatic carbocycles. The van der Waals surface area contributed by atoms with E-state index >= 15 is 0 Å². The van der Waals surface area contributed by atoms with Crippen LogP contribution in [0.2, 0.25) is 0 Å². The van der Waals surface area contributed by atoms with Crippen molar-refractivity contribution in [2.45, 2.75) is 38.2 Å². The van der Waals surface area contributed by atoms with Crippen LogP contribution in [0.5, 0.6) is 0 Å². The van der Waals surface area contributed by atoms with Gasteiger partial charge in [-0.1, -0.05) is 0 Å². The Morgan fingerprint density at radius 3 is 2.43 bits per heavy atom. The summed E-state index contributed by atoms with van der Waals surface area (Å²) in [5, 5.41) is 11.5. The first-order valence-corrected chi connectivity index (χ1v) is 9.70. The molecule has 5 N–H and O–H groups in total. The number of carbonyl (C=O) groups excluding carboxylic acids is 1. The second-order valence-corrected chi connectivity index (χ2v) is 8.22. The van der Waals surface area contributed by atoms with E-state index in [1.165, 1.54) is 28.0 Å². The Morgan fingerprint density at radius 2 is 1.97 bits per heavy atom. The van der Waals surface area contributed by atoms with E-state index in [1.807, 2.05) is 0 Å². The van der Waals surface area contributed by atoms with Crippen LogP contribution in [0.3, 0.4) is 0 Å². The highest BCUT2D eigenvalue weighted by Crippen LogP contribution is 2.37. The van der Waals surface area contributed by atoms with Gasteiger partial charge in [0, 0.05) is 17.1 Å². The smallest absolute Gasteiger partial charge is 0.390 e. The van der Waals surface area contributed by atoms with Crippen LogP contribution >= 0.6 is 11.3 Å². The maximum absolute atomic E-state index is 12.9. The van der Waals surface area contributed by atoms with Crippen molar-refractivity contribution in [2.24, 2.45) is 11.5 Å². The van der Waals surface area contributed by atoms with Crippen molar-refractivity contribution < 1.29 is 23.1 Å². The molecule has 0 spiro atoms. The minimum Gasteiger partial charge on any atom is -0.390 e. The molecule has 0 radical (unpaired) electrons. The number of halogens is 3. The molecule has 0 fully saturated rings. The van der Waals surface area contributed by atoms with Gasteiger partial charge in [0.2, 0.25) is 0 Å². The monoisotopic (exact) mass is 439 g/mol. The van der Waals surface area contributed by atoms with Gasteiger partial charge in [-0.2, -0.15) is 13.2 Å². The molecule has 1 atom stereocenters. The molecule has 160 valence electrons. The lowest BCUT2D eigenvalue weighted by Crippen LogP contribution is -2.44. The molecule has 1 unspecified atom stereocenters. The second-order valence-electron chi connectivity index (χ2n) is 7.33. The third kappa shape index (κ3) is 4.23. The number of thiazole rings is 1. The molecule has 0 aliphatic rings. The van der Waals surface area contributed by atoms with E-state index in [0.29, 0.717) is 16.4 Å². The summed E-state index contributed by atoms with van der Waals surface area (Å²) in [6, 6.07) is 4.46. The molecule has 30 heavy (non-hydrogen) atoms. The van der Waals surface area contributed by atoms with Gasteiger partial charge in [0.1, 0.15) is 16.7 Å². The lowest BCUT2D eigenvalue weighted by atomic mass is 9.95. The number of nitrogens with zero attached hydrogens (tertiary/aromatic N) is 3. The number of alkyl halides is 3. The summed E-state index contributed by atoms with van der Waals surface area (Å²) in [4.78, 5) is 20.4. The third-order valence-corrected chi connectivity index (χ3v) is 5.40. The summed E-state index contributed by atoms with van der Waals surface area (Å²) in [7, 11) is 0. The van der Waals surface area contributed by atoms with Gasteiger partial charge in [0.05, 0.1) is 29.3 Å². The third-order valence-electron chi connectivity index (χ3n) is 4.45. The first-order chi connectivity index (χ1) is 13.9. The standard InChI is InChI=1S/C19H20F3N5O2S/c1-18(2,24)15(17-26-11(8-28)9-30-17)27-13(5-6-14(27)16(23)29)12-4-3-10(7-25-12)19(20,21)22/h3-7,9,15,28H,8,24H2,1-2H3,(H2,23,29). The van der Waals surface area contributed by atoms with Crippen molar-refractivity contribution in [3.8, 4) is 11.4 Å². The predicted molar refractivity (Wildman–Crippen MR) is 106 cm³/mol. The Bertz CT molecular complexity index is 1050. The zero-order valence-electron chi connectivity index (χ0n) is 16.1. The van der Waals surface area contributed by atoms with Crippen molar-refractivity contribution in [1.29, 1.82) is 0 Å². The zero-order valence-corrected chi connectivity index (χ0v) is 17.0. The van der Waals surface area contributed by atoms with E-state index in [4.69, 9.17) is 11.5 Å². The number of nitrogens with two attached hydrogens (primary N) is 2. The SMILES string of the molecule is CC(C)(N)C(c1nc(CO)cs1)n1c(C(N)=O)ccc1-c1ccc(C(F)(F)F)cn1. The molecule has 0 aliphatic carbocycles. The first-order valence-electron chi connectivity index (χ1n) is 8.82. The first kappa shape index (κ1) is 21.9. The fourth-order valence-electron chi connectivity index (χ4n) is 3.13. The number of primary amides is 1. The molecule has 3 aromatic rings. The number of aliphatic hydroxyl groups excluding tert-OH is 1. The summed E-state index contributed by atoms with van der Waals surface area (Å²) in [5.74, 6) is -0.735. The summed E-state index contributed by atoms with van der Waals surface area (Å²) < 4.78 is 40.2. The molecule has 7 nitrogen and oxygen atoms in total. The van der Waals surface area contributed by atoms with Gasteiger partial charge < -0.3 is 21.1 Å². The minimum absolute atomic E-state index is 0.107. The van der Waals surface area contributed by atoms with Crippen molar-refractivity contribution in [3.63, 3.8) is 0 Å². The van der Waals surface area contributed by atoms with E-state index in [2.05, 4.69) is 9.97 Å². The van der Waals surface area contributed by atoms with Crippen LogP contribution in [0.25, 0.3) is 11.4 Å². The number of aromatic nitrogens is 3. The topological polar surface area (TPSA) is 120 Å². The Labute approximate surface area is 174 Å². The Balaban J connectivity index is 2.21. The van der Waals surface area contributed by atoms with E-state index in [0.717, 1.165) is 12.3 Å². The number of rotatable bonds is 6. The molecule has 0 bridgehead atoms. The Kier molecular flexibility index (Phi) is 5.72. The van der Waals surface area contributed by atoms with Gasteiger partial charge in [-0.3, -0.25) is 9.78 Å². The van der Waals surface area contributed by atoms with Crippen LogP contribution in [0, 0.1) is 0 Å². The van der Waals surface area contributed by atoms with Crippen LogP contribution in [-0.4, -0.2) is 31.1 Å². The van der Waals surface area contributed by atoms with Crippen molar-refractivity contribution in [3.05, 3.63) is 57.8 Å². The van der Waals surface area contributed by atoms with Crippen LogP contribution in [-0.2, 0) is 12.8 Å². The molecular weight excluding hydrogens is 419 g/mol. The average Bonchev–Trinajstić information content (AvgIpc) is 3.28. The number of pyridine rings is 1. The molecule has 3 heterocycles. The highest BCUT2D eigenvalue weighted by atomic mass is 32.1. The van der Waals surface area contributed by atoms with Crippen molar-refractivity contribution in [1.82, 2.24) is 14.5 Å². The van der Waals surface area contributed by atoms with Crippen molar-refractivity contribution in [2.75, 3.05) is 0 Å². The second kappa shape index (κ2) is 7.82. The van der Waals surface area contributed by atoms with E-state index < -0.39 is 29.2 Å². The highest BCUT2D eigenvalue weighted by molar-refractivity contribution is 7.09. The number of hydrogen-bond acceptors (Lipinski definition) is 6. The number of amides is 1. The molecule has 11 heteroatoms. The van der Waals surface area contributed by atoms with Gasteiger partial charge in [0.15, 0.2) is 0 Å². The molecule has 3 aromatic heterocycles. The number of aliphatic hydroxyl groups is 1. The maximum Gasteiger partial charge on any atom is 0.417 e. The van der Waals surface area contributed by atoms with E-state index in [9.17, 15) is 23.1 Å². The van der Waals surface area contributed by atoms with Crippen LogP contribution in [0.15, 0.2) is 35.8 Å². The molecule has 1 amide bonds. The van der Waals surface area contributed by atoms with E-state index in [1.54, 1.807) is 25.3 Å². The average molecular weight is 439 g/mol. The lowest BCUT2D eigenvalue weighted by Gasteiger charge is -2.33. The van der Waals surface area contributed by atoms with Gasteiger partial charge in [0.25, 0.3) is 5.91 Å². The summed E-state index contributed by atoms with van der Waals surface area (Å²) in [6.07, 6.45) is -3.79. The fourth-order valence-corrected chi connectivity index (χ4v) is 4.22. The molecular formula is C19H20F3N5O2S. The molecule has 0 aliphatic heterocycles. The van der Waals surface area contributed by atoms with Crippen LogP contribution in [0.1, 0.15) is 46.6 Å². The predicted octanol–water partition coefficient (Wildman–Crippen LogP) is 2.94. The van der Waals surface area contributed by atoms with Crippen molar-refractivity contribution >= 4 is 17.2 Å². The summed E-state index contributed by atoms with van der Waals surface area (Å²) in [5.41, 5.74) is 11.2. The van der Waals surface area contributed by atoms with Gasteiger partial charge in [-0.15, -0.1) is 11.3 Å². The number of carbonyl (C=O) groups is 1. The lowest BCUT2D eigenvalue weighted by molar-refractivity contribution is -0.137. The summed E-state index contributed by atoms with van der Waals surface area (Å²) in [6.45, 7) is 3.19. The Morgan fingerprint density at radius 1 is 1.27 bits per heavy atom. The fraction of sp³-hybridized carbons (Fsp3) is 0.316. The highest BCUT2D eigenvalue weighted by Gasteiger charge is 2.36. The summed E-state index contributed by atoms with van der Waals surface area (Å²) >= 11 is 1.24. The van der Waals surface area contributed by atoms with E-state index in [-0.39, 0.29) is 18.0 Å². The number of hydrogen-bond donors (Lipinski definition) is 3. The van der Waals surface area contributed by atoms with Gasteiger partial charge >= 0.3 is 6.18 Å². The normalized spacial score (nSPS) is 13.4. The van der Waals surface area contributed by atoms with Gasteiger partial charge in [-0.25, -0.2) is 4.98 Å². The molecule has 3 rings (SSSR count). The zero-order chi connectivity index (χ0) is 22.3. The van der Waals surface area contributed by atoms with Crippen LogP contribution in [0.4, 0.5) is 13.2 Å². The maximum atomic E-state index is 12.9. The molecule has 0 saturated carbocycles.